The van der Waals surface area contributed by atoms with Crippen LogP contribution in [0.4, 0.5) is 4.79 Å². The first-order valence-corrected chi connectivity index (χ1v) is 4.99. The summed E-state index contributed by atoms with van der Waals surface area (Å²) < 4.78 is 0. The zero-order valence-electron chi connectivity index (χ0n) is 7.43. The molecule has 6 heteroatoms. The summed E-state index contributed by atoms with van der Waals surface area (Å²) in [5.74, 6) is -0.741. The lowest BCUT2D eigenvalue weighted by Gasteiger charge is -2.07. The predicted molar refractivity (Wildman–Crippen MR) is 53.6 cm³/mol. The van der Waals surface area contributed by atoms with Gasteiger partial charge in [0.05, 0.1) is 0 Å². The molecule has 15 heavy (non-hydrogen) atoms. The Morgan fingerprint density at radius 1 is 1.27 bits per heavy atom. The maximum atomic E-state index is 11.3. The van der Waals surface area contributed by atoms with Crippen LogP contribution in [0.2, 0.25) is 0 Å². The highest BCUT2D eigenvalue weighted by atomic mass is 32.2. The fourth-order valence-corrected chi connectivity index (χ4v) is 2.18. The lowest BCUT2D eigenvalue weighted by atomic mass is 10.1. The van der Waals surface area contributed by atoms with Gasteiger partial charge in [-0.3, -0.25) is 14.9 Å². The number of hydrogen-bond donors (Lipinski definition) is 3. The molecule has 1 atom stereocenters. The van der Waals surface area contributed by atoms with Crippen molar-refractivity contribution < 1.29 is 19.8 Å². The molecule has 2 rings (SSSR count). The minimum atomic E-state index is -0.738. The number of thioether (sulfide) groups is 1. The van der Waals surface area contributed by atoms with Crippen molar-refractivity contribution in [3.63, 3.8) is 0 Å². The Bertz CT molecular complexity index is 446. The number of phenolic OH excluding ortho intramolecular Hbond substituents is 2. The lowest BCUT2D eigenvalue weighted by molar-refractivity contribution is -0.119. The van der Waals surface area contributed by atoms with E-state index in [9.17, 15) is 14.7 Å². The molecule has 2 amide bonds. The Morgan fingerprint density at radius 3 is 2.53 bits per heavy atom. The number of imide groups is 1. The van der Waals surface area contributed by atoms with Crippen LogP contribution < -0.4 is 5.32 Å². The van der Waals surface area contributed by atoms with Gasteiger partial charge >= 0.3 is 0 Å². The summed E-state index contributed by atoms with van der Waals surface area (Å²) in [6.07, 6.45) is 0. The first kappa shape index (κ1) is 9.85. The molecule has 1 heterocycles. The Balaban J connectivity index is 2.38. The van der Waals surface area contributed by atoms with E-state index in [0.717, 1.165) is 17.8 Å². The van der Waals surface area contributed by atoms with Gasteiger partial charge in [0.15, 0.2) is 0 Å². The van der Waals surface area contributed by atoms with Gasteiger partial charge in [-0.05, 0) is 23.9 Å². The molecule has 1 aliphatic heterocycles. The Hall–Kier alpha value is -1.69. The largest absolute Gasteiger partial charge is 0.508 e. The summed E-state index contributed by atoms with van der Waals surface area (Å²) in [5.41, 5.74) is 0.321. The van der Waals surface area contributed by atoms with Crippen LogP contribution in [0, 0.1) is 0 Å². The fourth-order valence-electron chi connectivity index (χ4n) is 1.31. The molecular weight excluding hydrogens is 218 g/mol. The first-order valence-electron chi connectivity index (χ1n) is 4.11. The van der Waals surface area contributed by atoms with Crippen LogP contribution in [0.15, 0.2) is 18.2 Å². The standard InChI is InChI=1S/C9H7NO4S/c11-4-1-2-5(6(12)3-4)7-8(13)10-9(14)15-7/h1-3,7,11-12H,(H,10,13,14). The monoisotopic (exact) mass is 225 g/mol. The highest BCUT2D eigenvalue weighted by Gasteiger charge is 2.34. The number of aromatic hydroxyl groups is 2. The molecule has 0 aliphatic carbocycles. The van der Waals surface area contributed by atoms with E-state index in [1.54, 1.807) is 0 Å². The minimum absolute atomic E-state index is 0.0917. The van der Waals surface area contributed by atoms with Gasteiger partial charge in [-0.15, -0.1) is 0 Å². The van der Waals surface area contributed by atoms with Crippen LogP contribution >= 0.6 is 11.8 Å². The van der Waals surface area contributed by atoms with Gasteiger partial charge < -0.3 is 10.2 Å². The second-order valence-electron chi connectivity index (χ2n) is 3.02. The van der Waals surface area contributed by atoms with Crippen LogP contribution in [0.25, 0.3) is 0 Å². The molecule has 0 aromatic heterocycles. The van der Waals surface area contributed by atoms with Crippen molar-refractivity contribution in [1.29, 1.82) is 0 Å². The van der Waals surface area contributed by atoms with Crippen LogP contribution in [-0.4, -0.2) is 21.4 Å². The molecule has 1 saturated heterocycles. The molecule has 1 unspecified atom stereocenters. The maximum Gasteiger partial charge on any atom is 0.286 e. The number of benzene rings is 1. The summed E-state index contributed by atoms with van der Waals surface area (Å²) in [4.78, 5) is 22.2. The summed E-state index contributed by atoms with van der Waals surface area (Å²) >= 11 is 0.806. The molecule has 78 valence electrons. The highest BCUT2D eigenvalue weighted by molar-refractivity contribution is 8.15. The molecular formula is C9H7NO4S. The Morgan fingerprint density at radius 2 is 2.00 bits per heavy atom. The molecule has 0 bridgehead atoms. The average molecular weight is 225 g/mol. The quantitative estimate of drug-likeness (QED) is 0.666. The maximum absolute atomic E-state index is 11.3. The van der Waals surface area contributed by atoms with Crippen molar-refractivity contribution in [2.24, 2.45) is 0 Å². The number of nitrogens with one attached hydrogen (secondary N) is 1. The minimum Gasteiger partial charge on any atom is -0.508 e. The van der Waals surface area contributed by atoms with E-state index in [0.29, 0.717) is 5.56 Å². The van der Waals surface area contributed by atoms with Gasteiger partial charge in [0.1, 0.15) is 16.7 Å². The van der Waals surface area contributed by atoms with E-state index >= 15 is 0 Å². The Labute approximate surface area is 89.1 Å². The second kappa shape index (κ2) is 3.47. The summed E-state index contributed by atoms with van der Waals surface area (Å²) in [7, 11) is 0. The lowest BCUT2D eigenvalue weighted by Crippen LogP contribution is -2.20. The molecule has 0 spiro atoms. The van der Waals surface area contributed by atoms with E-state index in [2.05, 4.69) is 5.32 Å². The highest BCUT2D eigenvalue weighted by Crippen LogP contribution is 2.39. The number of carbonyl (C=O) groups is 2. The molecule has 1 aliphatic rings. The van der Waals surface area contributed by atoms with Crippen LogP contribution in [0.1, 0.15) is 10.8 Å². The van der Waals surface area contributed by atoms with Gasteiger partial charge in [-0.1, -0.05) is 0 Å². The molecule has 0 radical (unpaired) electrons. The summed E-state index contributed by atoms with van der Waals surface area (Å²) in [6.45, 7) is 0. The van der Waals surface area contributed by atoms with Crippen molar-refractivity contribution >= 4 is 22.9 Å². The zero-order valence-corrected chi connectivity index (χ0v) is 8.25. The van der Waals surface area contributed by atoms with E-state index < -0.39 is 16.4 Å². The topological polar surface area (TPSA) is 86.6 Å². The molecule has 0 saturated carbocycles. The SMILES string of the molecule is O=C1NC(=O)C(c2ccc(O)cc2O)S1. The van der Waals surface area contributed by atoms with E-state index in [1.807, 2.05) is 0 Å². The summed E-state index contributed by atoms with van der Waals surface area (Å²) in [6, 6.07) is 3.90. The van der Waals surface area contributed by atoms with Crippen molar-refractivity contribution in [1.82, 2.24) is 5.32 Å². The van der Waals surface area contributed by atoms with Crippen molar-refractivity contribution in [2.75, 3.05) is 0 Å². The van der Waals surface area contributed by atoms with Crippen molar-refractivity contribution in [3.8, 4) is 11.5 Å². The van der Waals surface area contributed by atoms with Gasteiger partial charge in [0.2, 0.25) is 5.91 Å². The van der Waals surface area contributed by atoms with Crippen LogP contribution in [-0.2, 0) is 4.79 Å². The fraction of sp³-hybridized carbons (Fsp3) is 0.111. The normalized spacial score (nSPS) is 20.4. The third-order valence-electron chi connectivity index (χ3n) is 1.98. The van der Waals surface area contributed by atoms with Gasteiger partial charge in [-0.2, -0.15) is 0 Å². The molecule has 1 aromatic rings. The smallest absolute Gasteiger partial charge is 0.286 e. The molecule has 1 fully saturated rings. The summed E-state index contributed by atoms with van der Waals surface area (Å²) in [5, 5.41) is 19.5. The third kappa shape index (κ3) is 1.75. The van der Waals surface area contributed by atoms with Gasteiger partial charge in [0.25, 0.3) is 5.24 Å². The van der Waals surface area contributed by atoms with E-state index in [4.69, 9.17) is 5.11 Å². The average Bonchev–Trinajstić information content (AvgIpc) is 2.45. The number of phenols is 2. The molecule has 3 N–H and O–H groups in total. The van der Waals surface area contributed by atoms with Gasteiger partial charge in [0, 0.05) is 11.6 Å². The molecule has 1 aromatic carbocycles. The van der Waals surface area contributed by atoms with Crippen LogP contribution in [0.5, 0.6) is 11.5 Å². The van der Waals surface area contributed by atoms with E-state index in [-0.39, 0.29) is 11.5 Å². The Kier molecular flexibility index (Phi) is 2.28. The first-order chi connectivity index (χ1) is 7.08. The molecule has 5 nitrogen and oxygen atoms in total. The number of rotatable bonds is 1. The third-order valence-corrected chi connectivity index (χ3v) is 3.00. The number of hydrogen-bond acceptors (Lipinski definition) is 5. The zero-order chi connectivity index (χ0) is 11.0. The van der Waals surface area contributed by atoms with Crippen molar-refractivity contribution in [3.05, 3.63) is 23.8 Å². The predicted octanol–water partition coefficient (Wildman–Crippen LogP) is 1.12. The van der Waals surface area contributed by atoms with Gasteiger partial charge in [-0.25, -0.2) is 0 Å². The second-order valence-corrected chi connectivity index (χ2v) is 4.10. The van der Waals surface area contributed by atoms with Crippen molar-refractivity contribution in [2.45, 2.75) is 5.25 Å². The van der Waals surface area contributed by atoms with Crippen LogP contribution in [0.3, 0.4) is 0 Å². The van der Waals surface area contributed by atoms with E-state index in [1.165, 1.54) is 12.1 Å². The number of amides is 2. The number of carbonyl (C=O) groups excluding carboxylic acids is 2.